The zero-order valence-electron chi connectivity index (χ0n) is 10.8. The topological polar surface area (TPSA) is 63.6 Å². The molecule has 0 aliphatic carbocycles. The summed E-state index contributed by atoms with van der Waals surface area (Å²) >= 11 is 0. The van der Waals surface area contributed by atoms with Gasteiger partial charge in [0.1, 0.15) is 0 Å². The molecule has 0 saturated carbocycles. The van der Waals surface area contributed by atoms with E-state index in [4.69, 9.17) is 0 Å². The molecule has 5 nitrogen and oxygen atoms in total. The van der Waals surface area contributed by atoms with Crippen LogP contribution in [0.2, 0.25) is 0 Å². The fourth-order valence-corrected chi connectivity index (χ4v) is 2.15. The van der Waals surface area contributed by atoms with E-state index in [1.54, 1.807) is 4.68 Å². The van der Waals surface area contributed by atoms with Crippen LogP contribution in [0.5, 0.6) is 0 Å². The second-order valence-corrected chi connectivity index (χ2v) is 4.45. The van der Waals surface area contributed by atoms with Gasteiger partial charge in [0, 0.05) is 5.69 Å². The van der Waals surface area contributed by atoms with Gasteiger partial charge in [-0.1, -0.05) is 19.1 Å². The molecule has 0 spiro atoms. The van der Waals surface area contributed by atoms with Crippen LogP contribution in [0.1, 0.15) is 18.3 Å². The number of para-hydroxylation sites is 2. The van der Waals surface area contributed by atoms with Gasteiger partial charge < -0.3 is 4.98 Å². The van der Waals surface area contributed by atoms with Crippen LogP contribution in [0, 0.1) is 6.92 Å². The number of benzene rings is 1. The number of aryl methyl sites for hydroxylation is 2. The van der Waals surface area contributed by atoms with Gasteiger partial charge in [0.2, 0.25) is 5.82 Å². The van der Waals surface area contributed by atoms with Crippen molar-refractivity contribution in [1.29, 1.82) is 0 Å². The molecule has 19 heavy (non-hydrogen) atoms. The maximum absolute atomic E-state index is 12.1. The van der Waals surface area contributed by atoms with E-state index >= 15 is 0 Å². The molecular weight excluding hydrogens is 240 g/mol. The van der Waals surface area contributed by atoms with Gasteiger partial charge in [-0.2, -0.15) is 5.10 Å². The number of hydrogen-bond acceptors (Lipinski definition) is 3. The second kappa shape index (κ2) is 4.35. The van der Waals surface area contributed by atoms with Gasteiger partial charge in [0.25, 0.3) is 5.56 Å². The van der Waals surface area contributed by atoms with Gasteiger partial charge in [-0.05, 0) is 31.5 Å². The average molecular weight is 254 g/mol. The zero-order valence-corrected chi connectivity index (χ0v) is 10.8. The number of aromatic nitrogens is 4. The number of nitrogens with zero attached hydrogens (tertiary/aromatic N) is 3. The number of nitrogens with one attached hydrogen (secondary N) is 1. The van der Waals surface area contributed by atoms with E-state index in [2.05, 4.69) is 15.1 Å². The lowest BCUT2D eigenvalue weighted by Crippen LogP contribution is -2.19. The van der Waals surface area contributed by atoms with E-state index in [1.165, 1.54) is 0 Å². The summed E-state index contributed by atoms with van der Waals surface area (Å²) in [5.41, 5.74) is 3.12. The van der Waals surface area contributed by atoms with E-state index in [9.17, 15) is 4.79 Å². The Labute approximate surface area is 109 Å². The minimum atomic E-state index is -0.225. The molecule has 1 aromatic carbocycles. The number of fused-ring (bicyclic) bond motifs is 1. The number of rotatable bonds is 2. The first-order valence-corrected chi connectivity index (χ1v) is 6.24. The Hall–Kier alpha value is -2.43. The SMILES string of the molecule is CCc1cc(C)nn1-c1nc2ccccc2[nH]c1=O. The van der Waals surface area contributed by atoms with Gasteiger partial charge in [-0.15, -0.1) is 0 Å². The highest BCUT2D eigenvalue weighted by Gasteiger charge is 2.12. The predicted octanol–water partition coefficient (Wildman–Crippen LogP) is 1.98. The predicted molar refractivity (Wildman–Crippen MR) is 73.6 cm³/mol. The summed E-state index contributed by atoms with van der Waals surface area (Å²) in [5, 5.41) is 4.35. The molecule has 2 heterocycles. The molecular formula is C14H14N4O. The first kappa shape index (κ1) is 11.6. The molecule has 0 aliphatic heterocycles. The van der Waals surface area contributed by atoms with Crippen LogP contribution in [0.4, 0.5) is 0 Å². The van der Waals surface area contributed by atoms with E-state index < -0.39 is 0 Å². The van der Waals surface area contributed by atoms with Crippen LogP contribution < -0.4 is 5.56 Å². The molecule has 1 N–H and O–H groups in total. The molecule has 0 bridgehead atoms. The van der Waals surface area contributed by atoms with Crippen LogP contribution >= 0.6 is 0 Å². The number of H-pyrrole nitrogens is 1. The Morgan fingerprint density at radius 2 is 2.11 bits per heavy atom. The maximum Gasteiger partial charge on any atom is 0.293 e. The summed E-state index contributed by atoms with van der Waals surface area (Å²) in [6.07, 6.45) is 0.800. The van der Waals surface area contributed by atoms with Crippen molar-refractivity contribution in [3.8, 4) is 5.82 Å². The molecule has 5 heteroatoms. The van der Waals surface area contributed by atoms with Crippen molar-refractivity contribution in [3.63, 3.8) is 0 Å². The van der Waals surface area contributed by atoms with Crippen molar-refractivity contribution in [2.45, 2.75) is 20.3 Å². The molecule has 0 aliphatic rings. The van der Waals surface area contributed by atoms with Crippen molar-refractivity contribution in [3.05, 3.63) is 52.1 Å². The van der Waals surface area contributed by atoms with Crippen LogP contribution in [-0.4, -0.2) is 19.7 Å². The van der Waals surface area contributed by atoms with E-state index in [1.807, 2.05) is 44.2 Å². The van der Waals surface area contributed by atoms with Crippen LogP contribution in [0.15, 0.2) is 35.1 Å². The lowest BCUT2D eigenvalue weighted by molar-refractivity contribution is 0.773. The Balaban J connectivity index is 2.30. The normalized spacial score (nSPS) is 11.1. The summed E-state index contributed by atoms with van der Waals surface area (Å²) in [5.74, 6) is 0.323. The summed E-state index contributed by atoms with van der Waals surface area (Å²) in [6, 6.07) is 9.44. The molecule has 96 valence electrons. The Morgan fingerprint density at radius 3 is 2.89 bits per heavy atom. The van der Waals surface area contributed by atoms with Crippen molar-refractivity contribution in [1.82, 2.24) is 19.7 Å². The standard InChI is InChI=1S/C14H14N4O/c1-3-10-8-9(2)17-18(10)13-14(19)16-12-7-5-4-6-11(12)15-13/h4-8H,3H2,1-2H3,(H,16,19). The van der Waals surface area contributed by atoms with Crippen molar-refractivity contribution >= 4 is 11.0 Å². The molecule has 2 aromatic heterocycles. The highest BCUT2D eigenvalue weighted by atomic mass is 16.1. The average Bonchev–Trinajstić information content (AvgIpc) is 2.79. The Morgan fingerprint density at radius 1 is 1.32 bits per heavy atom. The molecule has 0 atom stereocenters. The van der Waals surface area contributed by atoms with Gasteiger partial charge in [-0.25, -0.2) is 9.67 Å². The quantitative estimate of drug-likeness (QED) is 0.760. The monoisotopic (exact) mass is 254 g/mol. The molecule has 0 saturated heterocycles. The molecule has 0 unspecified atom stereocenters. The molecule has 3 aromatic rings. The van der Waals surface area contributed by atoms with Crippen molar-refractivity contribution in [2.75, 3.05) is 0 Å². The highest BCUT2D eigenvalue weighted by molar-refractivity contribution is 5.74. The van der Waals surface area contributed by atoms with Crippen molar-refractivity contribution < 1.29 is 0 Å². The minimum absolute atomic E-state index is 0.225. The fourth-order valence-electron chi connectivity index (χ4n) is 2.15. The van der Waals surface area contributed by atoms with Crippen molar-refractivity contribution in [2.24, 2.45) is 0 Å². The van der Waals surface area contributed by atoms with Gasteiger partial charge in [0.05, 0.1) is 16.7 Å². The highest BCUT2D eigenvalue weighted by Crippen LogP contribution is 2.11. The van der Waals surface area contributed by atoms with E-state index in [0.29, 0.717) is 5.82 Å². The Kier molecular flexibility index (Phi) is 2.67. The summed E-state index contributed by atoms with van der Waals surface area (Å²) in [4.78, 5) is 19.4. The van der Waals surface area contributed by atoms with Crippen LogP contribution in [0.3, 0.4) is 0 Å². The summed E-state index contributed by atoms with van der Waals surface area (Å²) < 4.78 is 1.63. The molecule has 3 rings (SSSR count). The van der Waals surface area contributed by atoms with E-state index in [0.717, 1.165) is 28.8 Å². The van der Waals surface area contributed by atoms with Gasteiger partial charge in [0.15, 0.2) is 0 Å². The number of hydrogen-bond donors (Lipinski definition) is 1. The third-order valence-corrected chi connectivity index (χ3v) is 3.05. The lowest BCUT2D eigenvalue weighted by Gasteiger charge is -2.05. The lowest BCUT2D eigenvalue weighted by atomic mass is 10.3. The number of aromatic amines is 1. The third-order valence-electron chi connectivity index (χ3n) is 3.05. The first-order valence-electron chi connectivity index (χ1n) is 6.24. The molecule has 0 amide bonds. The Bertz CT molecular complexity index is 801. The minimum Gasteiger partial charge on any atom is -0.317 e. The zero-order chi connectivity index (χ0) is 13.4. The summed E-state index contributed by atoms with van der Waals surface area (Å²) in [6.45, 7) is 3.94. The first-order chi connectivity index (χ1) is 9.19. The van der Waals surface area contributed by atoms with Crippen LogP contribution in [0.25, 0.3) is 16.9 Å². The van der Waals surface area contributed by atoms with Gasteiger partial charge in [-0.3, -0.25) is 4.79 Å². The van der Waals surface area contributed by atoms with Crippen LogP contribution in [-0.2, 0) is 6.42 Å². The summed E-state index contributed by atoms with van der Waals surface area (Å²) in [7, 11) is 0. The smallest absolute Gasteiger partial charge is 0.293 e. The largest absolute Gasteiger partial charge is 0.317 e. The maximum atomic E-state index is 12.1. The van der Waals surface area contributed by atoms with Gasteiger partial charge >= 0.3 is 0 Å². The third kappa shape index (κ3) is 1.93. The molecule has 0 fully saturated rings. The van der Waals surface area contributed by atoms with E-state index in [-0.39, 0.29) is 5.56 Å². The second-order valence-electron chi connectivity index (χ2n) is 4.45. The fraction of sp³-hybridized carbons (Fsp3) is 0.214. The molecule has 0 radical (unpaired) electrons.